The largest absolute Gasteiger partial charge is 0.447 e. The van der Waals surface area contributed by atoms with E-state index in [0.29, 0.717) is 18.1 Å². The molecule has 0 aromatic carbocycles. The molecule has 1 atom stereocenters. The fourth-order valence-electron chi connectivity index (χ4n) is 3.25. The third-order valence-electron chi connectivity index (χ3n) is 4.81. The SMILES string of the molecule is CCCN(CCC)C(=O)c1coc(CN2CCN(C[C@H](O)CC)CC2)n1. The van der Waals surface area contributed by atoms with Crippen molar-refractivity contribution >= 4 is 5.91 Å². The zero-order chi connectivity index (χ0) is 18.9. The first-order valence-electron chi connectivity index (χ1n) is 9.93. The van der Waals surface area contributed by atoms with Gasteiger partial charge in [-0.05, 0) is 19.3 Å². The average Bonchev–Trinajstić information content (AvgIpc) is 3.11. The first-order chi connectivity index (χ1) is 12.6. The number of aliphatic hydroxyl groups excluding tert-OH is 1. The molecule has 148 valence electrons. The topological polar surface area (TPSA) is 73.1 Å². The molecule has 1 fully saturated rings. The minimum absolute atomic E-state index is 0.0397. The van der Waals surface area contributed by atoms with Gasteiger partial charge in [-0.3, -0.25) is 14.6 Å². The van der Waals surface area contributed by atoms with E-state index < -0.39 is 0 Å². The van der Waals surface area contributed by atoms with Crippen molar-refractivity contribution in [2.45, 2.75) is 52.7 Å². The molecule has 1 aromatic heterocycles. The number of hydrogen-bond acceptors (Lipinski definition) is 6. The molecule has 1 aliphatic heterocycles. The van der Waals surface area contributed by atoms with Crippen molar-refractivity contribution in [1.29, 1.82) is 0 Å². The second-order valence-corrected chi connectivity index (χ2v) is 7.06. The van der Waals surface area contributed by atoms with Gasteiger partial charge < -0.3 is 14.4 Å². The Hall–Kier alpha value is -1.44. The van der Waals surface area contributed by atoms with Crippen molar-refractivity contribution in [3.05, 3.63) is 17.8 Å². The van der Waals surface area contributed by atoms with E-state index in [9.17, 15) is 9.90 Å². The standard InChI is InChI=1S/C19H34N4O3/c1-4-7-23(8-5-2)19(25)17-15-26-18(20-17)14-22-11-9-21(10-12-22)13-16(24)6-3/h15-16,24H,4-14H2,1-3H3/t16-/m1/s1. The lowest BCUT2D eigenvalue weighted by molar-refractivity contribution is 0.0658. The van der Waals surface area contributed by atoms with Gasteiger partial charge in [-0.25, -0.2) is 4.98 Å². The predicted octanol–water partition coefficient (Wildman–Crippen LogP) is 1.83. The number of β-amino-alcohol motifs (C(OH)–C–C–N with tert-alkyl or cyclic N) is 1. The van der Waals surface area contributed by atoms with Crippen LogP contribution in [-0.2, 0) is 6.54 Å². The summed E-state index contributed by atoms with van der Waals surface area (Å²) in [5.74, 6) is 0.561. The lowest BCUT2D eigenvalue weighted by Gasteiger charge is -2.34. The van der Waals surface area contributed by atoms with Crippen molar-refractivity contribution in [2.75, 3.05) is 45.8 Å². The summed E-state index contributed by atoms with van der Waals surface area (Å²) in [6.45, 7) is 12.7. The van der Waals surface area contributed by atoms with Gasteiger partial charge in [0.1, 0.15) is 6.26 Å². The Morgan fingerprint density at radius 1 is 1.19 bits per heavy atom. The number of carbonyl (C=O) groups is 1. The van der Waals surface area contributed by atoms with Crippen LogP contribution in [-0.4, -0.2) is 82.6 Å². The molecule has 1 N–H and O–H groups in total. The Morgan fingerprint density at radius 3 is 2.38 bits per heavy atom. The van der Waals surface area contributed by atoms with E-state index in [4.69, 9.17) is 4.42 Å². The third-order valence-corrected chi connectivity index (χ3v) is 4.81. The second kappa shape index (κ2) is 10.6. The molecular weight excluding hydrogens is 332 g/mol. The molecule has 2 heterocycles. The van der Waals surface area contributed by atoms with E-state index in [1.807, 2.05) is 11.8 Å². The van der Waals surface area contributed by atoms with E-state index in [-0.39, 0.29) is 12.0 Å². The summed E-state index contributed by atoms with van der Waals surface area (Å²) in [5, 5.41) is 9.77. The highest BCUT2D eigenvalue weighted by atomic mass is 16.3. The summed E-state index contributed by atoms with van der Waals surface area (Å²) in [6.07, 6.45) is 3.92. The van der Waals surface area contributed by atoms with Gasteiger partial charge in [0, 0.05) is 45.8 Å². The van der Waals surface area contributed by atoms with Gasteiger partial charge in [0.25, 0.3) is 5.91 Å². The minimum Gasteiger partial charge on any atom is -0.447 e. The molecule has 1 amide bonds. The van der Waals surface area contributed by atoms with Crippen LogP contribution in [0.4, 0.5) is 0 Å². The minimum atomic E-state index is -0.240. The highest BCUT2D eigenvalue weighted by Crippen LogP contribution is 2.12. The van der Waals surface area contributed by atoms with Crippen molar-refractivity contribution in [3.8, 4) is 0 Å². The van der Waals surface area contributed by atoms with Gasteiger partial charge >= 0.3 is 0 Å². The van der Waals surface area contributed by atoms with Gasteiger partial charge in [0.05, 0.1) is 12.6 Å². The lowest BCUT2D eigenvalue weighted by atomic mass is 10.2. The number of aromatic nitrogens is 1. The van der Waals surface area contributed by atoms with Gasteiger partial charge in [0.2, 0.25) is 5.89 Å². The molecule has 0 spiro atoms. The number of rotatable bonds is 10. The maximum absolute atomic E-state index is 12.6. The predicted molar refractivity (Wildman–Crippen MR) is 101 cm³/mol. The quantitative estimate of drug-likeness (QED) is 0.681. The van der Waals surface area contributed by atoms with Gasteiger partial charge in [-0.1, -0.05) is 20.8 Å². The molecule has 0 radical (unpaired) electrons. The molecule has 0 bridgehead atoms. The smallest absolute Gasteiger partial charge is 0.275 e. The molecule has 1 saturated heterocycles. The number of piperazine rings is 1. The van der Waals surface area contributed by atoms with E-state index >= 15 is 0 Å². The maximum atomic E-state index is 12.6. The Kier molecular flexibility index (Phi) is 8.54. The Morgan fingerprint density at radius 2 is 1.81 bits per heavy atom. The van der Waals surface area contributed by atoms with Crippen molar-refractivity contribution in [1.82, 2.24) is 19.7 Å². The number of nitrogens with zero attached hydrogens (tertiary/aromatic N) is 4. The first kappa shape index (κ1) is 20.9. The van der Waals surface area contributed by atoms with Crippen LogP contribution in [0.1, 0.15) is 56.4 Å². The zero-order valence-electron chi connectivity index (χ0n) is 16.5. The monoisotopic (exact) mass is 366 g/mol. The fourth-order valence-corrected chi connectivity index (χ4v) is 3.25. The molecule has 1 aromatic rings. The Balaban J connectivity index is 1.84. The third kappa shape index (κ3) is 6.07. The van der Waals surface area contributed by atoms with Crippen LogP contribution in [0.5, 0.6) is 0 Å². The van der Waals surface area contributed by atoms with E-state index in [0.717, 1.165) is 65.1 Å². The van der Waals surface area contributed by atoms with E-state index in [1.165, 1.54) is 6.26 Å². The second-order valence-electron chi connectivity index (χ2n) is 7.06. The molecule has 26 heavy (non-hydrogen) atoms. The van der Waals surface area contributed by atoms with Crippen LogP contribution >= 0.6 is 0 Å². The summed E-state index contributed by atoms with van der Waals surface area (Å²) in [7, 11) is 0. The molecule has 1 aliphatic rings. The number of amides is 1. The van der Waals surface area contributed by atoms with E-state index in [2.05, 4.69) is 28.6 Å². The summed E-state index contributed by atoms with van der Waals surface area (Å²) in [6, 6.07) is 0. The van der Waals surface area contributed by atoms with Gasteiger partial charge in [-0.15, -0.1) is 0 Å². The van der Waals surface area contributed by atoms with Crippen LogP contribution < -0.4 is 0 Å². The summed E-state index contributed by atoms with van der Waals surface area (Å²) < 4.78 is 5.55. The number of carbonyl (C=O) groups excluding carboxylic acids is 1. The molecule has 0 unspecified atom stereocenters. The summed E-state index contributed by atoms with van der Waals surface area (Å²) >= 11 is 0. The van der Waals surface area contributed by atoms with Gasteiger partial charge in [-0.2, -0.15) is 0 Å². The number of hydrogen-bond donors (Lipinski definition) is 1. The molecular formula is C19H34N4O3. The number of aliphatic hydroxyl groups is 1. The van der Waals surface area contributed by atoms with Crippen LogP contribution in [0.2, 0.25) is 0 Å². The average molecular weight is 367 g/mol. The Bertz CT molecular complexity index is 535. The zero-order valence-corrected chi connectivity index (χ0v) is 16.5. The van der Waals surface area contributed by atoms with Crippen molar-refractivity contribution < 1.29 is 14.3 Å². The van der Waals surface area contributed by atoms with Crippen molar-refractivity contribution in [3.63, 3.8) is 0 Å². The summed E-state index contributed by atoms with van der Waals surface area (Å²) in [4.78, 5) is 23.4. The van der Waals surface area contributed by atoms with Crippen LogP contribution in [0, 0.1) is 0 Å². The highest BCUT2D eigenvalue weighted by Gasteiger charge is 2.22. The van der Waals surface area contributed by atoms with Crippen LogP contribution in [0.3, 0.4) is 0 Å². The van der Waals surface area contributed by atoms with Crippen LogP contribution in [0.15, 0.2) is 10.7 Å². The highest BCUT2D eigenvalue weighted by molar-refractivity contribution is 5.91. The Labute approximate surface area is 157 Å². The fraction of sp³-hybridized carbons (Fsp3) is 0.789. The molecule has 7 nitrogen and oxygen atoms in total. The number of oxazole rings is 1. The lowest BCUT2D eigenvalue weighted by Crippen LogP contribution is -2.48. The molecule has 0 aliphatic carbocycles. The van der Waals surface area contributed by atoms with E-state index in [1.54, 1.807) is 0 Å². The molecule has 7 heteroatoms. The molecule has 0 saturated carbocycles. The van der Waals surface area contributed by atoms with Crippen molar-refractivity contribution in [2.24, 2.45) is 0 Å². The normalized spacial score (nSPS) is 17.4. The first-order valence-corrected chi connectivity index (χ1v) is 9.93. The molecule has 2 rings (SSSR count). The summed E-state index contributed by atoms with van der Waals surface area (Å²) in [5.41, 5.74) is 0.409. The maximum Gasteiger partial charge on any atom is 0.275 e. The van der Waals surface area contributed by atoms with Crippen LogP contribution in [0.25, 0.3) is 0 Å². The van der Waals surface area contributed by atoms with Gasteiger partial charge in [0.15, 0.2) is 5.69 Å².